The second kappa shape index (κ2) is 7.71. The van der Waals surface area contributed by atoms with Crippen molar-refractivity contribution in [3.05, 3.63) is 45.4 Å². The summed E-state index contributed by atoms with van der Waals surface area (Å²) in [5, 5.41) is 0. The van der Waals surface area contributed by atoms with E-state index in [0.29, 0.717) is 25.3 Å². The second-order valence-corrected chi connectivity index (χ2v) is 5.52. The molecule has 98 valence electrons. The third-order valence-corrected chi connectivity index (χ3v) is 3.23. The lowest BCUT2D eigenvalue weighted by molar-refractivity contribution is 0.0718. The molecule has 0 spiro atoms. The molecule has 0 saturated carbocycles. The Morgan fingerprint density at radius 3 is 2.50 bits per heavy atom. The molecule has 5 heteroatoms. The molecule has 0 saturated heterocycles. The highest BCUT2D eigenvalue weighted by Crippen LogP contribution is 2.21. The van der Waals surface area contributed by atoms with Gasteiger partial charge in [0.2, 0.25) is 0 Å². The van der Waals surface area contributed by atoms with Gasteiger partial charge in [-0.2, -0.15) is 0 Å². The summed E-state index contributed by atoms with van der Waals surface area (Å²) in [5.74, 6) is -0.0334. The SMILES string of the molecule is C=CCN(CCOC)C(=O)c1cc(Br)cc(Br)c1. The largest absolute Gasteiger partial charge is 0.383 e. The zero-order valence-electron chi connectivity index (χ0n) is 10.2. The predicted molar refractivity (Wildman–Crippen MR) is 79.8 cm³/mol. The minimum atomic E-state index is -0.0334. The van der Waals surface area contributed by atoms with Crippen LogP contribution in [0.25, 0.3) is 0 Å². The highest BCUT2D eigenvalue weighted by Gasteiger charge is 2.15. The first-order valence-corrected chi connectivity index (χ1v) is 7.02. The lowest BCUT2D eigenvalue weighted by Crippen LogP contribution is -2.34. The van der Waals surface area contributed by atoms with Crippen LogP contribution >= 0.6 is 31.9 Å². The molecule has 0 bridgehead atoms. The fourth-order valence-electron chi connectivity index (χ4n) is 1.49. The predicted octanol–water partition coefficient (Wildman–Crippen LogP) is 3.49. The molecule has 1 amide bonds. The van der Waals surface area contributed by atoms with Gasteiger partial charge >= 0.3 is 0 Å². The number of halogens is 2. The number of hydrogen-bond donors (Lipinski definition) is 0. The first-order chi connectivity index (χ1) is 8.58. The Balaban J connectivity index is 2.89. The minimum Gasteiger partial charge on any atom is -0.383 e. The number of hydrogen-bond acceptors (Lipinski definition) is 2. The van der Waals surface area contributed by atoms with E-state index < -0.39 is 0 Å². The molecule has 0 aromatic heterocycles. The standard InChI is InChI=1S/C13H15Br2NO2/c1-3-4-16(5-6-18-2)13(17)10-7-11(14)9-12(15)8-10/h3,7-9H,1,4-6H2,2H3. The van der Waals surface area contributed by atoms with Gasteiger partial charge in [-0.05, 0) is 18.2 Å². The van der Waals surface area contributed by atoms with Gasteiger partial charge in [-0.15, -0.1) is 6.58 Å². The molecule has 3 nitrogen and oxygen atoms in total. The molecule has 0 heterocycles. The number of ether oxygens (including phenoxy) is 1. The summed E-state index contributed by atoms with van der Waals surface area (Å²) in [7, 11) is 1.62. The van der Waals surface area contributed by atoms with Gasteiger partial charge in [0.05, 0.1) is 6.61 Å². The molecule has 1 rings (SSSR count). The maximum atomic E-state index is 12.3. The lowest BCUT2D eigenvalue weighted by Gasteiger charge is -2.21. The summed E-state index contributed by atoms with van der Waals surface area (Å²) < 4.78 is 6.74. The Morgan fingerprint density at radius 1 is 1.39 bits per heavy atom. The van der Waals surface area contributed by atoms with Crippen molar-refractivity contribution in [2.45, 2.75) is 0 Å². The molecule has 1 aromatic carbocycles. The molecule has 0 aliphatic rings. The lowest BCUT2D eigenvalue weighted by atomic mass is 10.2. The summed E-state index contributed by atoms with van der Waals surface area (Å²) in [4.78, 5) is 14.0. The molecule has 0 aliphatic carbocycles. The van der Waals surface area contributed by atoms with Crippen LogP contribution in [0.2, 0.25) is 0 Å². The van der Waals surface area contributed by atoms with Gasteiger partial charge < -0.3 is 9.64 Å². The van der Waals surface area contributed by atoms with E-state index in [1.54, 1.807) is 30.2 Å². The van der Waals surface area contributed by atoms with Crippen LogP contribution in [0.4, 0.5) is 0 Å². The van der Waals surface area contributed by atoms with Crippen LogP contribution in [0, 0.1) is 0 Å². The number of carbonyl (C=O) groups is 1. The van der Waals surface area contributed by atoms with E-state index in [9.17, 15) is 4.79 Å². The maximum Gasteiger partial charge on any atom is 0.254 e. The first kappa shape index (κ1) is 15.4. The maximum absolute atomic E-state index is 12.3. The van der Waals surface area contributed by atoms with E-state index in [2.05, 4.69) is 38.4 Å². The van der Waals surface area contributed by atoms with E-state index in [0.717, 1.165) is 8.95 Å². The van der Waals surface area contributed by atoms with Crippen molar-refractivity contribution in [3.63, 3.8) is 0 Å². The number of methoxy groups -OCH3 is 1. The Morgan fingerprint density at radius 2 is 2.00 bits per heavy atom. The van der Waals surface area contributed by atoms with Crippen LogP contribution in [0.5, 0.6) is 0 Å². The van der Waals surface area contributed by atoms with Gasteiger partial charge in [0.1, 0.15) is 0 Å². The zero-order chi connectivity index (χ0) is 13.5. The van der Waals surface area contributed by atoms with Crippen LogP contribution < -0.4 is 0 Å². The minimum absolute atomic E-state index is 0.0334. The smallest absolute Gasteiger partial charge is 0.254 e. The van der Waals surface area contributed by atoms with E-state index in [-0.39, 0.29) is 5.91 Å². The van der Waals surface area contributed by atoms with Gasteiger partial charge in [-0.3, -0.25) is 4.79 Å². The molecule has 1 aromatic rings. The number of nitrogens with zero attached hydrogens (tertiary/aromatic N) is 1. The van der Waals surface area contributed by atoms with E-state index in [4.69, 9.17) is 4.74 Å². The molecule has 0 radical (unpaired) electrons. The summed E-state index contributed by atoms with van der Waals surface area (Å²) in [5.41, 5.74) is 0.634. The summed E-state index contributed by atoms with van der Waals surface area (Å²) >= 11 is 6.75. The van der Waals surface area contributed by atoms with Gasteiger partial charge in [0.15, 0.2) is 0 Å². The third-order valence-electron chi connectivity index (χ3n) is 2.31. The van der Waals surface area contributed by atoms with E-state index in [1.807, 2.05) is 6.07 Å². The Bertz CT molecular complexity index is 415. The summed E-state index contributed by atoms with van der Waals surface area (Å²) in [6, 6.07) is 5.50. The van der Waals surface area contributed by atoms with Crippen LogP contribution in [0.1, 0.15) is 10.4 Å². The molecule has 0 atom stereocenters. The van der Waals surface area contributed by atoms with Crippen LogP contribution in [-0.4, -0.2) is 37.6 Å². The van der Waals surface area contributed by atoms with Gasteiger partial charge in [0, 0.05) is 34.7 Å². The van der Waals surface area contributed by atoms with Crippen molar-refractivity contribution in [2.75, 3.05) is 26.8 Å². The van der Waals surface area contributed by atoms with E-state index in [1.165, 1.54) is 0 Å². The topological polar surface area (TPSA) is 29.5 Å². The molecule has 0 unspecified atom stereocenters. The monoisotopic (exact) mass is 375 g/mol. The van der Waals surface area contributed by atoms with Crippen LogP contribution in [-0.2, 0) is 4.74 Å². The highest BCUT2D eigenvalue weighted by molar-refractivity contribution is 9.11. The average Bonchev–Trinajstić information content (AvgIpc) is 2.32. The number of carbonyl (C=O) groups excluding carboxylic acids is 1. The first-order valence-electron chi connectivity index (χ1n) is 5.43. The number of rotatable bonds is 6. The summed E-state index contributed by atoms with van der Waals surface area (Å²) in [6.45, 7) is 5.23. The number of amides is 1. The molecular formula is C13H15Br2NO2. The molecule has 0 aliphatic heterocycles. The van der Waals surface area contributed by atoms with Crippen molar-refractivity contribution in [2.24, 2.45) is 0 Å². The van der Waals surface area contributed by atoms with Crippen molar-refractivity contribution in [1.29, 1.82) is 0 Å². The van der Waals surface area contributed by atoms with Crippen LogP contribution in [0.3, 0.4) is 0 Å². The molecule has 18 heavy (non-hydrogen) atoms. The summed E-state index contributed by atoms with van der Waals surface area (Å²) in [6.07, 6.45) is 1.71. The molecule has 0 fully saturated rings. The molecule has 0 N–H and O–H groups in total. The van der Waals surface area contributed by atoms with Crippen LogP contribution in [0.15, 0.2) is 39.8 Å². The zero-order valence-corrected chi connectivity index (χ0v) is 13.3. The second-order valence-electron chi connectivity index (χ2n) is 3.69. The van der Waals surface area contributed by atoms with Gasteiger partial charge in [-0.1, -0.05) is 37.9 Å². The highest BCUT2D eigenvalue weighted by atomic mass is 79.9. The van der Waals surface area contributed by atoms with Gasteiger partial charge in [-0.25, -0.2) is 0 Å². The van der Waals surface area contributed by atoms with E-state index >= 15 is 0 Å². The quantitative estimate of drug-likeness (QED) is 0.711. The van der Waals surface area contributed by atoms with Crippen molar-refractivity contribution >= 4 is 37.8 Å². The fourth-order valence-corrected chi connectivity index (χ4v) is 2.79. The Hall–Kier alpha value is -0.650. The average molecular weight is 377 g/mol. The molecular weight excluding hydrogens is 362 g/mol. The fraction of sp³-hybridized carbons (Fsp3) is 0.308. The third kappa shape index (κ3) is 4.55. The van der Waals surface area contributed by atoms with Crippen molar-refractivity contribution in [3.8, 4) is 0 Å². The van der Waals surface area contributed by atoms with Gasteiger partial charge in [0.25, 0.3) is 5.91 Å². The Kier molecular flexibility index (Phi) is 6.60. The number of benzene rings is 1. The van der Waals surface area contributed by atoms with Crippen molar-refractivity contribution in [1.82, 2.24) is 4.90 Å². The Labute approximate surface area is 124 Å². The van der Waals surface area contributed by atoms with Crippen molar-refractivity contribution < 1.29 is 9.53 Å². The normalized spacial score (nSPS) is 10.2.